The summed E-state index contributed by atoms with van der Waals surface area (Å²) in [6, 6.07) is 8.76. The summed E-state index contributed by atoms with van der Waals surface area (Å²) in [5, 5.41) is 17.7. The number of nitrogens with one attached hydrogen (secondary N) is 3. The van der Waals surface area contributed by atoms with Crippen LogP contribution in [0.1, 0.15) is 24.8 Å². The highest BCUT2D eigenvalue weighted by Crippen LogP contribution is 2.49. The Hall–Kier alpha value is -3.12. The zero-order valence-electron chi connectivity index (χ0n) is 20.3. The van der Waals surface area contributed by atoms with Crippen LogP contribution in [-0.2, 0) is 9.30 Å². The maximum atomic E-state index is 13.8. The molecular weight excluding hydrogens is 477 g/mol. The van der Waals surface area contributed by atoms with Gasteiger partial charge >= 0.3 is 0 Å². The number of H-pyrrole nitrogens is 1. The monoisotopic (exact) mass is 507 g/mol. The van der Waals surface area contributed by atoms with Crippen molar-refractivity contribution in [2.45, 2.75) is 31.3 Å². The number of nitriles is 1. The Morgan fingerprint density at radius 1 is 1.25 bits per heavy atom. The number of aromatic amines is 1. The van der Waals surface area contributed by atoms with Crippen molar-refractivity contribution in [3.63, 3.8) is 0 Å². The molecular formula is C25H30N7O3P. The van der Waals surface area contributed by atoms with Gasteiger partial charge in [-0.2, -0.15) is 15.2 Å². The molecule has 1 aliphatic carbocycles. The Morgan fingerprint density at radius 2 is 2.08 bits per heavy atom. The maximum Gasteiger partial charge on any atom is 0.231 e. The molecule has 2 aliphatic heterocycles. The predicted octanol–water partition coefficient (Wildman–Crippen LogP) is 3.25. The Labute approximate surface area is 209 Å². The molecule has 0 amide bonds. The minimum Gasteiger partial charge on any atom is -0.495 e. The molecule has 2 aromatic heterocycles. The lowest BCUT2D eigenvalue weighted by atomic mass is 10.2. The molecule has 11 heteroatoms. The fourth-order valence-electron chi connectivity index (χ4n) is 5.15. The number of hydrogen-bond acceptors (Lipinski definition) is 9. The Balaban J connectivity index is 1.27. The Kier molecular flexibility index (Phi) is 6.08. The van der Waals surface area contributed by atoms with E-state index in [1.165, 1.54) is 12.8 Å². The minimum absolute atomic E-state index is 0.120. The van der Waals surface area contributed by atoms with Crippen LogP contribution in [0.4, 0.5) is 17.5 Å². The number of aromatic nitrogens is 3. The first-order valence-electron chi connectivity index (χ1n) is 12.5. The Bertz CT molecular complexity index is 1360. The van der Waals surface area contributed by atoms with E-state index in [0.717, 1.165) is 24.8 Å². The van der Waals surface area contributed by atoms with Gasteiger partial charge in [-0.15, -0.1) is 0 Å². The topological polar surface area (TPSA) is 128 Å². The summed E-state index contributed by atoms with van der Waals surface area (Å²) in [6.07, 6.45) is 6.49. The summed E-state index contributed by atoms with van der Waals surface area (Å²) in [4.78, 5) is 14.8. The van der Waals surface area contributed by atoms with E-state index < -0.39 is 7.14 Å². The van der Waals surface area contributed by atoms with E-state index in [0.29, 0.717) is 71.4 Å². The molecule has 3 N–H and O–H groups in total. The zero-order chi connectivity index (χ0) is 24.7. The fraction of sp³-hybridized carbons (Fsp3) is 0.480. The second-order valence-corrected chi connectivity index (χ2v) is 12.9. The summed E-state index contributed by atoms with van der Waals surface area (Å²) in [7, 11) is -0.846. The molecule has 4 heterocycles. The molecule has 3 fully saturated rings. The van der Waals surface area contributed by atoms with Crippen LogP contribution in [0, 0.1) is 11.3 Å². The van der Waals surface area contributed by atoms with E-state index in [-0.39, 0.29) is 6.04 Å². The third-order valence-electron chi connectivity index (χ3n) is 7.38. The largest absolute Gasteiger partial charge is 0.495 e. The highest BCUT2D eigenvalue weighted by molar-refractivity contribution is 7.71. The van der Waals surface area contributed by atoms with Crippen molar-refractivity contribution < 1.29 is 14.0 Å². The molecule has 1 aromatic carbocycles. The van der Waals surface area contributed by atoms with Crippen LogP contribution in [-0.4, -0.2) is 77.7 Å². The number of anilines is 3. The molecule has 6 rings (SSSR count). The second kappa shape index (κ2) is 9.40. The number of fused-ring (bicyclic) bond motifs is 1. The van der Waals surface area contributed by atoms with Crippen LogP contribution in [0.5, 0.6) is 5.75 Å². The molecule has 188 valence electrons. The van der Waals surface area contributed by atoms with Gasteiger partial charge in [0, 0.05) is 49.6 Å². The summed E-state index contributed by atoms with van der Waals surface area (Å²) < 4.78 is 24.9. The van der Waals surface area contributed by atoms with Crippen LogP contribution in [0.25, 0.3) is 11.0 Å². The summed E-state index contributed by atoms with van der Waals surface area (Å²) in [5.41, 5.74) is 1.73. The average Bonchev–Trinajstić information content (AvgIpc) is 3.45. The van der Waals surface area contributed by atoms with Gasteiger partial charge in [0.2, 0.25) is 5.95 Å². The number of hydrogen-bond donors (Lipinski definition) is 3. The molecule has 0 unspecified atom stereocenters. The smallest absolute Gasteiger partial charge is 0.231 e. The zero-order valence-corrected chi connectivity index (χ0v) is 21.2. The van der Waals surface area contributed by atoms with Crippen LogP contribution in [0.3, 0.4) is 0 Å². The first-order chi connectivity index (χ1) is 17.6. The van der Waals surface area contributed by atoms with Crippen LogP contribution in [0.15, 0.2) is 24.4 Å². The van der Waals surface area contributed by atoms with Gasteiger partial charge in [-0.1, -0.05) is 0 Å². The van der Waals surface area contributed by atoms with E-state index in [2.05, 4.69) is 31.6 Å². The maximum absolute atomic E-state index is 13.8. The van der Waals surface area contributed by atoms with E-state index in [1.54, 1.807) is 13.3 Å². The van der Waals surface area contributed by atoms with E-state index in [1.807, 2.05) is 18.2 Å². The van der Waals surface area contributed by atoms with Crippen molar-refractivity contribution in [3.05, 3.63) is 30.0 Å². The molecule has 0 spiro atoms. The average molecular weight is 508 g/mol. The molecule has 3 aromatic rings. The third kappa shape index (κ3) is 4.43. The van der Waals surface area contributed by atoms with E-state index in [9.17, 15) is 9.83 Å². The Morgan fingerprint density at radius 3 is 2.78 bits per heavy atom. The lowest BCUT2D eigenvalue weighted by molar-refractivity contribution is 0.195. The lowest BCUT2D eigenvalue weighted by Crippen LogP contribution is -2.38. The quantitative estimate of drug-likeness (QED) is 0.413. The summed E-state index contributed by atoms with van der Waals surface area (Å²) in [6.45, 7) is 3.09. The number of rotatable bonds is 7. The lowest BCUT2D eigenvalue weighted by Gasteiger charge is -2.32. The van der Waals surface area contributed by atoms with Crippen molar-refractivity contribution >= 4 is 40.9 Å². The van der Waals surface area contributed by atoms with Gasteiger partial charge in [0.25, 0.3) is 0 Å². The molecule has 2 saturated heterocycles. The van der Waals surface area contributed by atoms with Gasteiger partial charge < -0.3 is 29.7 Å². The van der Waals surface area contributed by atoms with E-state index in [4.69, 9.17) is 14.5 Å². The highest BCUT2D eigenvalue weighted by atomic mass is 31.2. The van der Waals surface area contributed by atoms with Gasteiger partial charge in [0.1, 0.15) is 30.4 Å². The third-order valence-corrected chi connectivity index (χ3v) is 10.4. The predicted molar refractivity (Wildman–Crippen MR) is 139 cm³/mol. The minimum atomic E-state index is -2.45. The summed E-state index contributed by atoms with van der Waals surface area (Å²) >= 11 is 0. The first kappa shape index (κ1) is 23.3. The van der Waals surface area contributed by atoms with Gasteiger partial charge in [-0.3, -0.25) is 4.90 Å². The summed E-state index contributed by atoms with van der Waals surface area (Å²) in [5.74, 6) is 1.54. The first-order valence-corrected chi connectivity index (χ1v) is 14.6. The van der Waals surface area contributed by atoms with Gasteiger partial charge in [0.15, 0.2) is 0 Å². The standard InChI is InChI=1S/C25H30N7O3P/c1-34-21-12-19(36(33)10-7-32(8-11-36)18-2-3-18)4-5-20(21)29-25-30-23-22(16(13-26)14-27-23)24(31-25)28-17-6-9-35-15-17/h4-5,12,14,17-18H,2-3,6-11,15H2,1H3,(H3,27,28,29,30,31)/t17-/m1/s1. The van der Waals surface area contributed by atoms with Gasteiger partial charge in [-0.05, 0) is 37.5 Å². The van der Waals surface area contributed by atoms with Gasteiger partial charge in [0.05, 0.1) is 36.4 Å². The second-order valence-electron chi connectivity index (χ2n) is 9.75. The fourth-order valence-corrected chi connectivity index (χ4v) is 7.75. The number of ether oxygens (including phenoxy) is 2. The van der Waals surface area contributed by atoms with Crippen LogP contribution in [0.2, 0.25) is 0 Å². The number of methoxy groups -OCH3 is 1. The normalized spacial score (nSPS) is 21.8. The number of benzene rings is 1. The van der Waals surface area contributed by atoms with Crippen molar-refractivity contribution in [1.82, 2.24) is 19.9 Å². The molecule has 0 bridgehead atoms. The van der Waals surface area contributed by atoms with Crippen molar-refractivity contribution in [2.24, 2.45) is 0 Å². The van der Waals surface area contributed by atoms with Crippen molar-refractivity contribution in [2.75, 3.05) is 56.4 Å². The molecule has 10 nitrogen and oxygen atoms in total. The molecule has 0 radical (unpaired) electrons. The molecule has 1 saturated carbocycles. The van der Waals surface area contributed by atoms with Gasteiger partial charge in [-0.25, -0.2) is 0 Å². The van der Waals surface area contributed by atoms with Crippen LogP contribution < -0.4 is 20.7 Å². The highest BCUT2D eigenvalue weighted by Gasteiger charge is 2.37. The van der Waals surface area contributed by atoms with Crippen LogP contribution >= 0.6 is 7.14 Å². The molecule has 36 heavy (non-hydrogen) atoms. The van der Waals surface area contributed by atoms with Crippen molar-refractivity contribution in [1.29, 1.82) is 5.26 Å². The SMILES string of the molecule is COc1cc(P2(=O)CCN(C3CC3)CC2)ccc1Nc1nc(N[C@@H]2CCOC2)c2c(C#N)c[nH]c2n1. The molecule has 1 atom stereocenters. The molecule has 3 aliphatic rings. The number of nitrogens with zero attached hydrogens (tertiary/aromatic N) is 4. The van der Waals surface area contributed by atoms with E-state index >= 15 is 0 Å². The van der Waals surface area contributed by atoms with Crippen molar-refractivity contribution in [3.8, 4) is 11.8 Å².